The molecule has 0 aliphatic carbocycles. The highest BCUT2D eigenvalue weighted by Crippen LogP contribution is 2.43. The second kappa shape index (κ2) is 11.0. The highest BCUT2D eigenvalue weighted by atomic mass is 16.3. The van der Waals surface area contributed by atoms with Gasteiger partial charge in [-0.2, -0.15) is 0 Å². The maximum absolute atomic E-state index is 6.31. The fourth-order valence-corrected chi connectivity index (χ4v) is 7.34. The van der Waals surface area contributed by atoms with Crippen LogP contribution < -0.4 is 0 Å². The van der Waals surface area contributed by atoms with Crippen molar-refractivity contribution < 1.29 is 4.42 Å². The van der Waals surface area contributed by atoms with E-state index in [1.807, 2.05) is 36.4 Å². The SMILES string of the molecule is c1ccc(-c2ccc(-c3cc(-c4ccc5c(c4)c4ccccc4c4c5ccc5oc6ccccc6c54)nc(-c4ccccc4)n3)cc2)cc1. The molecular weight excluding hydrogens is 597 g/mol. The molecule has 0 bridgehead atoms. The lowest BCUT2D eigenvalue weighted by Gasteiger charge is -2.14. The van der Waals surface area contributed by atoms with Gasteiger partial charge in [-0.3, -0.25) is 0 Å². The van der Waals surface area contributed by atoms with Gasteiger partial charge in [0, 0.05) is 32.8 Å². The predicted molar refractivity (Wildman–Crippen MR) is 204 cm³/mol. The first-order valence-corrected chi connectivity index (χ1v) is 16.6. The molecule has 228 valence electrons. The molecule has 8 aromatic carbocycles. The van der Waals surface area contributed by atoms with E-state index in [2.05, 4.69) is 133 Å². The van der Waals surface area contributed by atoms with E-state index >= 15 is 0 Å². The Bertz CT molecular complexity index is 2830. The summed E-state index contributed by atoms with van der Waals surface area (Å²) in [5.74, 6) is 0.706. The minimum absolute atomic E-state index is 0.706. The number of hydrogen-bond donors (Lipinski definition) is 0. The standard InChI is InChI=1S/C46H28N2O/c1-3-11-29(12-4-1)30-19-21-31(22-20-30)40-28-41(48-46(47-40)32-13-5-2-6-14-32)33-23-24-35-37-25-26-43-45(38-17-9-10-18-42(38)49-43)44(37)36-16-8-7-15-34(36)39(35)27-33/h1-28H. The molecule has 0 spiro atoms. The molecular formula is C46H28N2O. The summed E-state index contributed by atoms with van der Waals surface area (Å²) in [6.45, 7) is 0. The number of aromatic nitrogens is 2. The summed E-state index contributed by atoms with van der Waals surface area (Å²) in [5.41, 5.74) is 9.06. The van der Waals surface area contributed by atoms with Crippen molar-refractivity contribution in [3.05, 3.63) is 170 Å². The van der Waals surface area contributed by atoms with Crippen LogP contribution in [-0.2, 0) is 0 Å². The van der Waals surface area contributed by atoms with E-state index in [9.17, 15) is 0 Å². The van der Waals surface area contributed by atoms with Gasteiger partial charge in [-0.25, -0.2) is 9.97 Å². The van der Waals surface area contributed by atoms with E-state index in [0.717, 1.165) is 44.6 Å². The van der Waals surface area contributed by atoms with Crippen LogP contribution in [0.25, 0.3) is 99.3 Å². The number of fused-ring (bicyclic) bond motifs is 10. The van der Waals surface area contributed by atoms with Crippen LogP contribution in [0.15, 0.2) is 174 Å². The third-order valence-corrected chi connectivity index (χ3v) is 9.68. The van der Waals surface area contributed by atoms with Crippen LogP contribution in [-0.4, -0.2) is 9.97 Å². The fraction of sp³-hybridized carbons (Fsp3) is 0. The zero-order valence-electron chi connectivity index (χ0n) is 26.5. The van der Waals surface area contributed by atoms with Crippen LogP contribution in [0.2, 0.25) is 0 Å². The summed E-state index contributed by atoms with van der Waals surface area (Å²) < 4.78 is 6.31. The van der Waals surface area contributed by atoms with E-state index < -0.39 is 0 Å². The average Bonchev–Trinajstić information content (AvgIpc) is 3.57. The van der Waals surface area contributed by atoms with E-state index in [-0.39, 0.29) is 0 Å². The molecule has 0 fully saturated rings. The highest BCUT2D eigenvalue weighted by Gasteiger charge is 2.17. The Balaban J connectivity index is 1.19. The second-order valence-corrected chi connectivity index (χ2v) is 12.5. The monoisotopic (exact) mass is 624 g/mol. The number of rotatable bonds is 4. The fourth-order valence-electron chi connectivity index (χ4n) is 7.34. The van der Waals surface area contributed by atoms with Gasteiger partial charge in [0.25, 0.3) is 0 Å². The number of nitrogens with zero attached hydrogens (tertiary/aromatic N) is 2. The molecule has 10 aromatic rings. The second-order valence-electron chi connectivity index (χ2n) is 12.5. The van der Waals surface area contributed by atoms with Gasteiger partial charge in [0.15, 0.2) is 5.82 Å². The lowest BCUT2D eigenvalue weighted by Crippen LogP contribution is -1.96. The highest BCUT2D eigenvalue weighted by molar-refractivity contribution is 6.34. The van der Waals surface area contributed by atoms with Crippen molar-refractivity contribution in [2.75, 3.05) is 0 Å². The Hall–Kier alpha value is -6.58. The van der Waals surface area contributed by atoms with E-state index in [0.29, 0.717) is 5.82 Å². The minimum Gasteiger partial charge on any atom is -0.456 e. The number of hydrogen-bond acceptors (Lipinski definition) is 3. The molecule has 10 rings (SSSR count). The first kappa shape index (κ1) is 27.5. The number of furan rings is 1. The van der Waals surface area contributed by atoms with Gasteiger partial charge < -0.3 is 4.42 Å². The smallest absolute Gasteiger partial charge is 0.160 e. The van der Waals surface area contributed by atoms with Crippen molar-refractivity contribution in [2.45, 2.75) is 0 Å². The molecule has 0 radical (unpaired) electrons. The molecule has 49 heavy (non-hydrogen) atoms. The van der Waals surface area contributed by atoms with Crippen LogP contribution in [0.4, 0.5) is 0 Å². The van der Waals surface area contributed by atoms with E-state index in [1.54, 1.807) is 0 Å². The lowest BCUT2D eigenvalue weighted by molar-refractivity contribution is 0.669. The van der Waals surface area contributed by atoms with Crippen molar-refractivity contribution in [3.8, 4) is 45.0 Å². The molecule has 0 aliphatic heterocycles. The Morgan fingerprint density at radius 3 is 1.61 bits per heavy atom. The topological polar surface area (TPSA) is 38.9 Å². The van der Waals surface area contributed by atoms with Gasteiger partial charge in [-0.1, -0.05) is 140 Å². The van der Waals surface area contributed by atoms with Crippen LogP contribution in [0.1, 0.15) is 0 Å². The Kier molecular flexibility index (Phi) is 6.18. The molecule has 0 N–H and O–H groups in total. The third-order valence-electron chi connectivity index (χ3n) is 9.68. The van der Waals surface area contributed by atoms with Crippen molar-refractivity contribution in [3.63, 3.8) is 0 Å². The summed E-state index contributed by atoms with van der Waals surface area (Å²) in [6, 6.07) is 59.6. The molecule has 2 heterocycles. The first-order valence-electron chi connectivity index (χ1n) is 16.6. The van der Waals surface area contributed by atoms with Gasteiger partial charge in [0.05, 0.1) is 11.4 Å². The molecule has 0 unspecified atom stereocenters. The molecule has 0 atom stereocenters. The first-order chi connectivity index (χ1) is 24.3. The summed E-state index contributed by atoms with van der Waals surface area (Å²) >= 11 is 0. The van der Waals surface area contributed by atoms with Gasteiger partial charge in [0.1, 0.15) is 11.2 Å². The molecule has 3 heteroatoms. The molecule has 2 aromatic heterocycles. The summed E-state index contributed by atoms with van der Waals surface area (Å²) in [7, 11) is 0. The molecule has 0 saturated carbocycles. The third kappa shape index (κ3) is 4.51. The van der Waals surface area contributed by atoms with Crippen LogP contribution in [0.3, 0.4) is 0 Å². The van der Waals surface area contributed by atoms with Crippen molar-refractivity contribution in [2.24, 2.45) is 0 Å². The molecule has 0 amide bonds. The van der Waals surface area contributed by atoms with Crippen molar-refractivity contribution in [1.82, 2.24) is 9.97 Å². The van der Waals surface area contributed by atoms with Gasteiger partial charge in [-0.05, 0) is 68.4 Å². The largest absolute Gasteiger partial charge is 0.456 e. The van der Waals surface area contributed by atoms with Crippen molar-refractivity contribution >= 4 is 54.3 Å². The zero-order valence-corrected chi connectivity index (χ0v) is 26.5. The Morgan fingerprint density at radius 1 is 0.306 bits per heavy atom. The normalized spacial score (nSPS) is 11.7. The minimum atomic E-state index is 0.706. The summed E-state index contributed by atoms with van der Waals surface area (Å²) in [5, 5.41) is 9.58. The Morgan fingerprint density at radius 2 is 0.837 bits per heavy atom. The summed E-state index contributed by atoms with van der Waals surface area (Å²) in [6.07, 6.45) is 0. The van der Waals surface area contributed by atoms with Gasteiger partial charge >= 0.3 is 0 Å². The van der Waals surface area contributed by atoms with Crippen LogP contribution >= 0.6 is 0 Å². The van der Waals surface area contributed by atoms with E-state index in [4.69, 9.17) is 14.4 Å². The maximum Gasteiger partial charge on any atom is 0.160 e. The number of para-hydroxylation sites is 1. The van der Waals surface area contributed by atoms with Crippen LogP contribution in [0, 0.1) is 0 Å². The molecule has 3 nitrogen and oxygen atoms in total. The van der Waals surface area contributed by atoms with Gasteiger partial charge in [0.2, 0.25) is 0 Å². The molecule has 0 saturated heterocycles. The Labute approximate surface area is 282 Å². The lowest BCUT2D eigenvalue weighted by atomic mass is 9.90. The maximum atomic E-state index is 6.31. The molecule has 0 aliphatic rings. The quantitative estimate of drug-likeness (QED) is 0.183. The summed E-state index contributed by atoms with van der Waals surface area (Å²) in [4.78, 5) is 10.2. The number of benzene rings is 8. The van der Waals surface area contributed by atoms with Crippen molar-refractivity contribution in [1.29, 1.82) is 0 Å². The van der Waals surface area contributed by atoms with Gasteiger partial charge in [-0.15, -0.1) is 0 Å². The van der Waals surface area contributed by atoms with Crippen LogP contribution in [0.5, 0.6) is 0 Å². The zero-order chi connectivity index (χ0) is 32.3. The average molecular weight is 625 g/mol. The predicted octanol–water partition coefficient (Wildman–Crippen LogP) is 12.5. The van der Waals surface area contributed by atoms with E-state index in [1.165, 1.54) is 48.8 Å².